The Morgan fingerprint density at radius 2 is 1.24 bits per heavy atom. The van der Waals surface area contributed by atoms with Gasteiger partial charge in [0.05, 0.1) is 53.1 Å². The smallest absolute Gasteiger partial charge is 0.158 e. The Labute approximate surface area is 218 Å². The average molecular weight is 552 g/mol. The molecule has 2 aromatic rings. The van der Waals surface area contributed by atoms with Crippen LogP contribution in [0.3, 0.4) is 0 Å². The molecule has 0 bridgehead atoms. The number of benzene rings is 2. The molecule has 0 aromatic heterocycles. The molecule has 2 aliphatic heterocycles. The molecule has 0 radical (unpaired) electrons. The van der Waals surface area contributed by atoms with Crippen LogP contribution in [0, 0.1) is 0 Å². The fraction of sp³-hybridized carbons (Fsp3) is 0.458. The highest BCUT2D eigenvalue weighted by Crippen LogP contribution is 2.30. The van der Waals surface area contributed by atoms with Crippen molar-refractivity contribution >= 4 is 52.7 Å². The fourth-order valence-electron chi connectivity index (χ4n) is 3.62. The molecule has 6 nitrogen and oxygen atoms in total. The topological polar surface area (TPSA) is 74.2 Å². The summed E-state index contributed by atoms with van der Waals surface area (Å²) in [6.45, 7) is 2.42. The number of aliphatic hydroxyl groups is 1. The van der Waals surface area contributed by atoms with E-state index in [4.69, 9.17) is 65.4 Å². The van der Waals surface area contributed by atoms with Crippen LogP contribution in [-0.2, 0) is 23.7 Å². The fourth-order valence-corrected chi connectivity index (χ4v) is 4.23. The summed E-state index contributed by atoms with van der Waals surface area (Å²) in [6, 6.07) is 10.6. The van der Waals surface area contributed by atoms with E-state index in [1.807, 2.05) is 6.07 Å². The molecule has 0 amide bonds. The zero-order valence-corrected chi connectivity index (χ0v) is 21.3. The Balaban J connectivity index is 0.000000191. The second-order valence-electron chi connectivity index (χ2n) is 7.78. The van der Waals surface area contributed by atoms with E-state index in [2.05, 4.69) is 0 Å². The number of aliphatic hydroxyl groups excluding tert-OH is 1. The Morgan fingerprint density at radius 1 is 0.765 bits per heavy atom. The van der Waals surface area contributed by atoms with Crippen molar-refractivity contribution in [2.45, 2.75) is 37.3 Å². The molecule has 34 heavy (non-hydrogen) atoms. The largest absolute Gasteiger partial charge is 0.396 e. The lowest BCUT2D eigenvalue weighted by atomic mass is 9.96. The van der Waals surface area contributed by atoms with E-state index in [0.717, 1.165) is 17.4 Å². The first-order valence-corrected chi connectivity index (χ1v) is 12.3. The van der Waals surface area contributed by atoms with Gasteiger partial charge in [0, 0.05) is 24.7 Å². The second kappa shape index (κ2) is 14.0. The molecule has 4 rings (SSSR count). The monoisotopic (exact) mass is 550 g/mol. The average Bonchev–Trinajstić information content (AvgIpc) is 3.54. The summed E-state index contributed by atoms with van der Waals surface area (Å²) < 4.78 is 21.4. The third kappa shape index (κ3) is 8.05. The van der Waals surface area contributed by atoms with Crippen LogP contribution in [0.4, 0.5) is 0 Å². The lowest BCUT2D eigenvalue weighted by Gasteiger charge is -2.18. The molecule has 2 atom stereocenters. The third-order valence-electron chi connectivity index (χ3n) is 5.48. The van der Waals surface area contributed by atoms with E-state index in [0.29, 0.717) is 59.4 Å². The number of carbonyl (C=O) groups excluding carboxylic acids is 1. The summed E-state index contributed by atoms with van der Waals surface area (Å²) in [5, 5.41) is 11.4. The number of ether oxygens (including phenoxy) is 4. The van der Waals surface area contributed by atoms with Crippen LogP contribution in [0.2, 0.25) is 20.1 Å². The van der Waals surface area contributed by atoms with E-state index < -0.39 is 0 Å². The molecule has 0 saturated carbocycles. The second-order valence-corrected chi connectivity index (χ2v) is 9.41. The van der Waals surface area contributed by atoms with Crippen LogP contribution in [0.5, 0.6) is 0 Å². The Bertz CT molecular complexity index is 932. The van der Waals surface area contributed by atoms with Crippen LogP contribution in [-0.4, -0.2) is 57.0 Å². The molecule has 2 aliphatic rings. The molecular formula is C24H26Cl4O6. The van der Waals surface area contributed by atoms with Crippen molar-refractivity contribution < 1.29 is 28.8 Å². The van der Waals surface area contributed by atoms with Gasteiger partial charge in [-0.25, -0.2) is 0 Å². The van der Waals surface area contributed by atoms with Crippen molar-refractivity contribution in [3.8, 4) is 0 Å². The third-order valence-corrected chi connectivity index (χ3v) is 6.95. The van der Waals surface area contributed by atoms with E-state index in [1.165, 1.54) is 0 Å². The van der Waals surface area contributed by atoms with Crippen molar-refractivity contribution in [3.63, 3.8) is 0 Å². The zero-order chi connectivity index (χ0) is 24.5. The van der Waals surface area contributed by atoms with Gasteiger partial charge in [-0.2, -0.15) is 0 Å². The highest BCUT2D eigenvalue weighted by molar-refractivity contribution is 6.42. The quantitative estimate of drug-likeness (QED) is 0.413. The SMILES string of the molecule is O=CC(CC1OCCO1)c1ccc(Cl)c(Cl)c1.OCC(CC1OCCO1)c1ccc(Cl)c(Cl)c1. The molecule has 10 heteroatoms. The van der Waals surface area contributed by atoms with Crippen LogP contribution in [0.15, 0.2) is 36.4 Å². The molecule has 2 heterocycles. The highest BCUT2D eigenvalue weighted by atomic mass is 35.5. The van der Waals surface area contributed by atoms with Gasteiger partial charge in [0.25, 0.3) is 0 Å². The molecule has 1 N–H and O–H groups in total. The van der Waals surface area contributed by atoms with Crippen molar-refractivity contribution in [3.05, 3.63) is 67.6 Å². The summed E-state index contributed by atoms with van der Waals surface area (Å²) in [5.41, 5.74) is 1.77. The predicted octanol–water partition coefficient (Wildman–Crippen LogP) is 5.87. The first kappa shape index (κ1) is 27.7. The summed E-state index contributed by atoms with van der Waals surface area (Å²) in [6.07, 6.45) is 1.46. The number of rotatable bonds is 8. The van der Waals surface area contributed by atoms with Crippen molar-refractivity contribution in [1.29, 1.82) is 0 Å². The zero-order valence-electron chi connectivity index (χ0n) is 18.3. The number of hydrogen-bond donors (Lipinski definition) is 1. The lowest BCUT2D eigenvalue weighted by molar-refractivity contribution is -0.112. The summed E-state index contributed by atoms with van der Waals surface area (Å²) in [4.78, 5) is 11.1. The minimum absolute atomic E-state index is 0.0289. The molecule has 2 aromatic carbocycles. The number of hydrogen-bond acceptors (Lipinski definition) is 6. The van der Waals surface area contributed by atoms with Gasteiger partial charge in [-0.05, 0) is 35.4 Å². The van der Waals surface area contributed by atoms with Gasteiger partial charge in [-0.1, -0.05) is 58.5 Å². The van der Waals surface area contributed by atoms with Crippen LogP contribution < -0.4 is 0 Å². The first-order chi connectivity index (χ1) is 16.4. The van der Waals surface area contributed by atoms with Gasteiger partial charge in [0.1, 0.15) is 6.29 Å². The summed E-state index contributed by atoms with van der Waals surface area (Å²) in [5.74, 6) is -0.333. The molecule has 2 saturated heterocycles. The van der Waals surface area contributed by atoms with Crippen molar-refractivity contribution in [2.24, 2.45) is 0 Å². The van der Waals surface area contributed by atoms with Gasteiger partial charge in [0.15, 0.2) is 12.6 Å². The van der Waals surface area contributed by atoms with Crippen molar-refractivity contribution in [1.82, 2.24) is 0 Å². The van der Waals surface area contributed by atoms with Gasteiger partial charge in [0.2, 0.25) is 0 Å². The minimum atomic E-state index is -0.306. The highest BCUT2D eigenvalue weighted by Gasteiger charge is 2.23. The maximum atomic E-state index is 11.1. The molecule has 2 unspecified atom stereocenters. The Morgan fingerprint density at radius 3 is 1.71 bits per heavy atom. The summed E-state index contributed by atoms with van der Waals surface area (Å²) in [7, 11) is 0. The van der Waals surface area contributed by atoms with Crippen LogP contribution in [0.25, 0.3) is 0 Å². The Hall–Kier alpha value is -0.930. The molecule has 0 aliphatic carbocycles. The van der Waals surface area contributed by atoms with E-state index in [-0.39, 0.29) is 31.0 Å². The minimum Gasteiger partial charge on any atom is -0.396 e. The number of carbonyl (C=O) groups is 1. The van der Waals surface area contributed by atoms with E-state index in [1.54, 1.807) is 30.3 Å². The normalized spacial score (nSPS) is 18.4. The molecule has 0 spiro atoms. The van der Waals surface area contributed by atoms with Crippen LogP contribution >= 0.6 is 46.4 Å². The lowest BCUT2D eigenvalue weighted by Crippen LogP contribution is -2.16. The van der Waals surface area contributed by atoms with Gasteiger partial charge >= 0.3 is 0 Å². The maximum Gasteiger partial charge on any atom is 0.158 e. The standard InChI is InChI=1S/C12H14Cl2O3.C12H12Cl2O3/c2*13-10-2-1-8(5-11(10)14)9(7-15)6-12-16-3-4-17-12/h1-2,5,9,12,15H,3-4,6-7H2;1-2,5,7,9,12H,3-4,6H2. The summed E-state index contributed by atoms with van der Waals surface area (Å²) >= 11 is 23.6. The van der Waals surface area contributed by atoms with Gasteiger partial charge in [-0.15, -0.1) is 0 Å². The predicted molar refractivity (Wildman–Crippen MR) is 132 cm³/mol. The van der Waals surface area contributed by atoms with Gasteiger partial charge < -0.3 is 28.8 Å². The van der Waals surface area contributed by atoms with Crippen molar-refractivity contribution in [2.75, 3.05) is 33.0 Å². The number of halogens is 4. The maximum absolute atomic E-state index is 11.1. The van der Waals surface area contributed by atoms with E-state index in [9.17, 15) is 9.90 Å². The first-order valence-electron chi connectivity index (χ1n) is 10.8. The molecular weight excluding hydrogens is 526 g/mol. The van der Waals surface area contributed by atoms with Crippen LogP contribution in [0.1, 0.15) is 35.8 Å². The number of aldehydes is 1. The molecule has 186 valence electrons. The van der Waals surface area contributed by atoms with Gasteiger partial charge in [-0.3, -0.25) is 0 Å². The van der Waals surface area contributed by atoms with E-state index >= 15 is 0 Å². The Kier molecular flexibility index (Phi) is 11.4. The molecule has 2 fully saturated rings.